The molecule has 0 unspecified atom stereocenters. The van der Waals surface area contributed by atoms with Crippen molar-refractivity contribution in [3.05, 3.63) is 88.3 Å². The van der Waals surface area contributed by atoms with Gasteiger partial charge in [-0.3, -0.25) is 14.8 Å². The third kappa shape index (κ3) is 5.54. The fourth-order valence-corrected chi connectivity index (χ4v) is 4.27. The molecule has 0 atom stereocenters. The van der Waals surface area contributed by atoms with Crippen molar-refractivity contribution in [2.45, 2.75) is 18.7 Å². The number of benzene rings is 3. The number of nitroso groups, excluding NO2 is 1. The van der Waals surface area contributed by atoms with Crippen LogP contribution < -0.4 is 15.4 Å². The molecule has 0 fully saturated rings. The predicted octanol–water partition coefficient (Wildman–Crippen LogP) is 4.63. The van der Waals surface area contributed by atoms with E-state index < -0.39 is 15.9 Å². The van der Waals surface area contributed by atoms with Gasteiger partial charge in [0.2, 0.25) is 0 Å². The van der Waals surface area contributed by atoms with E-state index in [-0.39, 0.29) is 21.3 Å². The number of carbonyl (C=O) groups excluding carboxylic acids is 1. The van der Waals surface area contributed by atoms with Crippen molar-refractivity contribution in [3.63, 3.8) is 0 Å². The number of nitrogens with zero attached hydrogens (tertiary/aromatic N) is 1. The first-order valence-electron chi connectivity index (χ1n) is 9.44. The molecule has 3 aromatic carbocycles. The number of nitrogens with one attached hydrogen (secondary N) is 3. The molecule has 0 bridgehead atoms. The molecular weight excluding hydrogens is 448 g/mol. The summed E-state index contributed by atoms with van der Waals surface area (Å²) in [5.74, 6) is -0.588. The van der Waals surface area contributed by atoms with E-state index in [0.29, 0.717) is 11.4 Å². The van der Waals surface area contributed by atoms with Crippen LogP contribution in [0.3, 0.4) is 0 Å². The van der Waals surface area contributed by atoms with Gasteiger partial charge in [-0.25, -0.2) is 8.42 Å². The van der Waals surface area contributed by atoms with E-state index in [9.17, 15) is 18.1 Å². The molecule has 8 nitrogen and oxygen atoms in total. The minimum absolute atomic E-state index is 0.00123. The molecule has 0 radical (unpaired) electrons. The number of hydrogen-bond acceptors (Lipinski definition) is 6. The molecule has 0 aliphatic heterocycles. The SMILES string of the molecule is Cc1ccc(NS(=O)(=O)c2ccc(NC(=S)NC(=O)c3ccccc3N=O)cc2)c(C)c1. The summed E-state index contributed by atoms with van der Waals surface area (Å²) < 4.78 is 28.0. The number of anilines is 2. The quantitative estimate of drug-likeness (QED) is 0.359. The third-order valence-electron chi connectivity index (χ3n) is 4.52. The van der Waals surface area contributed by atoms with Gasteiger partial charge in [0.25, 0.3) is 15.9 Å². The minimum Gasteiger partial charge on any atom is -0.332 e. The van der Waals surface area contributed by atoms with Gasteiger partial charge in [-0.2, -0.15) is 0 Å². The summed E-state index contributed by atoms with van der Waals surface area (Å²) in [4.78, 5) is 23.2. The summed E-state index contributed by atoms with van der Waals surface area (Å²) in [7, 11) is -3.78. The highest BCUT2D eigenvalue weighted by Gasteiger charge is 2.16. The molecule has 3 aromatic rings. The smallest absolute Gasteiger partial charge is 0.261 e. The second-order valence-corrected chi connectivity index (χ2v) is 9.06. The van der Waals surface area contributed by atoms with Gasteiger partial charge in [-0.1, -0.05) is 29.8 Å². The van der Waals surface area contributed by atoms with Crippen LogP contribution in [-0.4, -0.2) is 19.4 Å². The van der Waals surface area contributed by atoms with Gasteiger partial charge in [0.15, 0.2) is 5.11 Å². The van der Waals surface area contributed by atoms with Gasteiger partial charge in [-0.15, -0.1) is 4.91 Å². The van der Waals surface area contributed by atoms with E-state index in [2.05, 4.69) is 20.5 Å². The number of sulfonamides is 1. The van der Waals surface area contributed by atoms with Crippen molar-refractivity contribution in [1.82, 2.24) is 5.32 Å². The van der Waals surface area contributed by atoms with Gasteiger partial charge in [0.1, 0.15) is 5.69 Å². The number of hydrogen-bond donors (Lipinski definition) is 3. The van der Waals surface area contributed by atoms with E-state index in [1.54, 1.807) is 18.2 Å². The number of amides is 1. The molecule has 0 aliphatic carbocycles. The lowest BCUT2D eigenvalue weighted by molar-refractivity contribution is 0.0978. The number of aryl methyl sites for hydroxylation is 2. The fourth-order valence-electron chi connectivity index (χ4n) is 2.93. The Balaban J connectivity index is 1.66. The average molecular weight is 469 g/mol. The molecule has 0 aliphatic rings. The molecule has 0 spiro atoms. The van der Waals surface area contributed by atoms with Crippen LogP contribution >= 0.6 is 12.2 Å². The lowest BCUT2D eigenvalue weighted by atomic mass is 10.1. The van der Waals surface area contributed by atoms with E-state index in [1.807, 2.05) is 26.0 Å². The summed E-state index contributed by atoms with van der Waals surface area (Å²) in [5, 5.41) is 8.06. The van der Waals surface area contributed by atoms with Crippen LogP contribution in [0.2, 0.25) is 0 Å². The topological polar surface area (TPSA) is 117 Å². The zero-order chi connectivity index (χ0) is 23.3. The van der Waals surface area contributed by atoms with E-state index in [0.717, 1.165) is 11.1 Å². The van der Waals surface area contributed by atoms with Crippen molar-refractivity contribution < 1.29 is 13.2 Å². The van der Waals surface area contributed by atoms with Crippen LogP contribution in [0.5, 0.6) is 0 Å². The number of rotatable bonds is 6. The van der Waals surface area contributed by atoms with Crippen molar-refractivity contribution >= 4 is 50.3 Å². The Hall–Kier alpha value is -3.63. The zero-order valence-electron chi connectivity index (χ0n) is 17.2. The Bertz CT molecular complexity index is 1290. The van der Waals surface area contributed by atoms with Gasteiger partial charge in [0, 0.05) is 5.69 Å². The van der Waals surface area contributed by atoms with Crippen molar-refractivity contribution in [2.24, 2.45) is 5.18 Å². The third-order valence-corrected chi connectivity index (χ3v) is 6.11. The second kappa shape index (κ2) is 9.67. The van der Waals surface area contributed by atoms with Crippen molar-refractivity contribution in [2.75, 3.05) is 10.0 Å². The Kier molecular flexibility index (Phi) is 6.96. The molecule has 3 rings (SSSR count). The Labute approximate surface area is 191 Å². The summed E-state index contributed by atoms with van der Waals surface area (Å²) in [6.07, 6.45) is 0. The molecule has 32 heavy (non-hydrogen) atoms. The summed E-state index contributed by atoms with van der Waals surface area (Å²) in [6.45, 7) is 3.76. The van der Waals surface area contributed by atoms with E-state index in [1.165, 1.54) is 36.4 Å². The number of thiocarbonyl (C=S) groups is 1. The second-order valence-electron chi connectivity index (χ2n) is 6.96. The molecular formula is C22H20N4O4S2. The Morgan fingerprint density at radius 1 is 0.969 bits per heavy atom. The van der Waals surface area contributed by atoms with E-state index in [4.69, 9.17) is 12.2 Å². The first-order chi connectivity index (χ1) is 15.2. The molecule has 0 heterocycles. The molecule has 1 amide bonds. The largest absolute Gasteiger partial charge is 0.332 e. The lowest BCUT2D eigenvalue weighted by Gasteiger charge is -2.13. The molecule has 0 saturated heterocycles. The maximum absolute atomic E-state index is 12.7. The highest BCUT2D eigenvalue weighted by Crippen LogP contribution is 2.22. The Morgan fingerprint density at radius 2 is 1.66 bits per heavy atom. The number of carbonyl (C=O) groups is 1. The van der Waals surface area contributed by atoms with Crippen LogP contribution in [0, 0.1) is 18.8 Å². The van der Waals surface area contributed by atoms with Crippen LogP contribution in [0.4, 0.5) is 17.1 Å². The highest BCUT2D eigenvalue weighted by atomic mass is 32.2. The van der Waals surface area contributed by atoms with Gasteiger partial charge >= 0.3 is 0 Å². The van der Waals surface area contributed by atoms with Gasteiger partial charge in [-0.05, 0) is 79.3 Å². The predicted molar refractivity (Wildman–Crippen MR) is 129 cm³/mol. The maximum Gasteiger partial charge on any atom is 0.261 e. The monoisotopic (exact) mass is 468 g/mol. The van der Waals surface area contributed by atoms with Crippen LogP contribution in [-0.2, 0) is 10.0 Å². The van der Waals surface area contributed by atoms with Gasteiger partial charge in [0.05, 0.1) is 16.1 Å². The summed E-state index contributed by atoms with van der Waals surface area (Å²) >= 11 is 5.13. The van der Waals surface area contributed by atoms with Crippen LogP contribution in [0.1, 0.15) is 21.5 Å². The zero-order valence-corrected chi connectivity index (χ0v) is 18.9. The van der Waals surface area contributed by atoms with Crippen molar-refractivity contribution in [1.29, 1.82) is 0 Å². The standard InChI is InChI=1S/C22H20N4O4S2/c1-14-7-12-19(15(2)13-14)26-32(29,30)17-10-8-16(9-11-17)23-22(31)24-21(27)18-5-3-4-6-20(18)25-28/h3-13,26H,1-2H3,(H2,23,24,27,31). The first-order valence-corrected chi connectivity index (χ1v) is 11.3. The highest BCUT2D eigenvalue weighted by molar-refractivity contribution is 7.92. The first kappa shape index (κ1) is 23.0. The lowest BCUT2D eigenvalue weighted by Crippen LogP contribution is -2.34. The van der Waals surface area contributed by atoms with E-state index >= 15 is 0 Å². The fraction of sp³-hybridized carbons (Fsp3) is 0.0909. The van der Waals surface area contributed by atoms with Crippen LogP contribution in [0.15, 0.2) is 76.8 Å². The Morgan fingerprint density at radius 3 is 2.31 bits per heavy atom. The minimum atomic E-state index is -3.78. The molecule has 3 N–H and O–H groups in total. The average Bonchev–Trinajstić information content (AvgIpc) is 2.76. The van der Waals surface area contributed by atoms with Crippen LogP contribution in [0.25, 0.3) is 0 Å². The van der Waals surface area contributed by atoms with Gasteiger partial charge < -0.3 is 5.32 Å². The summed E-state index contributed by atoms with van der Waals surface area (Å²) in [5.41, 5.74) is 2.92. The molecule has 164 valence electrons. The normalized spacial score (nSPS) is 10.8. The van der Waals surface area contributed by atoms with Crippen molar-refractivity contribution in [3.8, 4) is 0 Å². The molecule has 0 saturated carbocycles. The molecule has 0 aromatic heterocycles. The summed E-state index contributed by atoms with van der Waals surface area (Å²) in [6, 6.07) is 17.4. The molecule has 10 heteroatoms. The maximum atomic E-state index is 12.7.